The lowest BCUT2D eigenvalue weighted by Gasteiger charge is -2.33. The minimum atomic E-state index is 0.0217. The second-order valence-corrected chi connectivity index (χ2v) is 8.32. The Kier molecular flexibility index (Phi) is 8.25. The van der Waals surface area contributed by atoms with Crippen molar-refractivity contribution in [3.05, 3.63) is 35.9 Å². The molecule has 0 unspecified atom stereocenters. The van der Waals surface area contributed by atoms with Crippen LogP contribution in [0.4, 0.5) is 0 Å². The van der Waals surface area contributed by atoms with Crippen molar-refractivity contribution in [2.75, 3.05) is 52.4 Å². The largest absolute Gasteiger partial charge is 0.355 e. The van der Waals surface area contributed by atoms with Gasteiger partial charge in [0.1, 0.15) is 0 Å². The van der Waals surface area contributed by atoms with E-state index in [1.165, 1.54) is 5.56 Å². The van der Waals surface area contributed by atoms with Gasteiger partial charge in [-0.05, 0) is 31.2 Å². The highest BCUT2D eigenvalue weighted by molar-refractivity contribution is 5.80. The molecule has 0 spiro atoms. The molecule has 0 aliphatic carbocycles. The standard InChI is InChI=1S/C23H34N4O3/c1-19(28)26-14-9-21(10-15-26)23(30)27-13-5-12-25(16-17-27)18-22(29)24-11-8-20-6-3-2-4-7-20/h2-4,6-7,21H,5,8-18H2,1H3,(H,24,29). The Bertz CT molecular complexity index is 716. The molecule has 3 rings (SSSR count). The molecule has 7 nitrogen and oxygen atoms in total. The van der Waals surface area contributed by atoms with Gasteiger partial charge in [-0.3, -0.25) is 19.3 Å². The topological polar surface area (TPSA) is 73.0 Å². The molecule has 0 atom stereocenters. The first-order valence-corrected chi connectivity index (χ1v) is 11.1. The number of amides is 3. The van der Waals surface area contributed by atoms with E-state index in [0.29, 0.717) is 32.7 Å². The average Bonchev–Trinajstić information content (AvgIpc) is 2.99. The van der Waals surface area contributed by atoms with E-state index >= 15 is 0 Å². The molecule has 2 fully saturated rings. The first-order chi connectivity index (χ1) is 14.5. The third-order valence-electron chi connectivity index (χ3n) is 6.14. The molecule has 1 aromatic carbocycles. The Hall–Kier alpha value is -2.41. The molecule has 2 aliphatic rings. The van der Waals surface area contributed by atoms with Crippen molar-refractivity contribution in [3.63, 3.8) is 0 Å². The molecule has 1 aromatic rings. The zero-order valence-corrected chi connectivity index (χ0v) is 18.0. The average molecular weight is 415 g/mol. The number of carbonyl (C=O) groups is 3. The maximum Gasteiger partial charge on any atom is 0.234 e. The quantitative estimate of drug-likeness (QED) is 0.758. The van der Waals surface area contributed by atoms with Crippen LogP contribution in [0.3, 0.4) is 0 Å². The minimum absolute atomic E-state index is 0.0217. The van der Waals surface area contributed by atoms with Gasteiger partial charge in [0, 0.05) is 58.7 Å². The lowest BCUT2D eigenvalue weighted by Crippen LogP contribution is -2.45. The fraction of sp³-hybridized carbons (Fsp3) is 0.609. The fourth-order valence-electron chi connectivity index (χ4n) is 4.30. The summed E-state index contributed by atoms with van der Waals surface area (Å²) in [6, 6.07) is 10.1. The predicted molar refractivity (Wildman–Crippen MR) is 116 cm³/mol. The van der Waals surface area contributed by atoms with Gasteiger partial charge < -0.3 is 15.1 Å². The molecule has 30 heavy (non-hydrogen) atoms. The Morgan fingerprint density at radius 3 is 2.37 bits per heavy atom. The van der Waals surface area contributed by atoms with E-state index in [1.54, 1.807) is 6.92 Å². The molecule has 2 heterocycles. The van der Waals surface area contributed by atoms with E-state index < -0.39 is 0 Å². The highest BCUT2D eigenvalue weighted by Crippen LogP contribution is 2.20. The SMILES string of the molecule is CC(=O)N1CCC(C(=O)N2CCCN(CC(=O)NCCc3ccccc3)CC2)CC1. The summed E-state index contributed by atoms with van der Waals surface area (Å²) in [7, 11) is 0. The van der Waals surface area contributed by atoms with Crippen molar-refractivity contribution in [2.45, 2.75) is 32.6 Å². The minimum Gasteiger partial charge on any atom is -0.355 e. The van der Waals surface area contributed by atoms with Crippen molar-refractivity contribution in [1.29, 1.82) is 0 Å². The molecule has 1 N–H and O–H groups in total. The first-order valence-electron chi connectivity index (χ1n) is 11.1. The van der Waals surface area contributed by atoms with Gasteiger partial charge in [-0.15, -0.1) is 0 Å². The molecule has 2 saturated heterocycles. The summed E-state index contributed by atoms with van der Waals surface area (Å²) in [5.41, 5.74) is 1.22. The van der Waals surface area contributed by atoms with Gasteiger partial charge in [0.05, 0.1) is 6.54 Å². The van der Waals surface area contributed by atoms with Gasteiger partial charge in [0.25, 0.3) is 0 Å². The molecule has 0 radical (unpaired) electrons. The highest BCUT2D eigenvalue weighted by Gasteiger charge is 2.30. The van der Waals surface area contributed by atoms with Gasteiger partial charge >= 0.3 is 0 Å². The zero-order chi connectivity index (χ0) is 21.3. The van der Waals surface area contributed by atoms with Gasteiger partial charge in [-0.2, -0.15) is 0 Å². The molecule has 7 heteroatoms. The number of benzene rings is 1. The van der Waals surface area contributed by atoms with Crippen molar-refractivity contribution in [2.24, 2.45) is 5.92 Å². The third-order valence-corrected chi connectivity index (χ3v) is 6.14. The number of hydrogen-bond acceptors (Lipinski definition) is 4. The van der Waals surface area contributed by atoms with Crippen LogP contribution in [0.25, 0.3) is 0 Å². The van der Waals surface area contributed by atoms with Crippen LogP contribution >= 0.6 is 0 Å². The molecular weight excluding hydrogens is 380 g/mol. The van der Waals surface area contributed by atoms with E-state index in [4.69, 9.17) is 0 Å². The maximum absolute atomic E-state index is 12.9. The fourth-order valence-corrected chi connectivity index (χ4v) is 4.30. The van der Waals surface area contributed by atoms with Crippen LogP contribution in [0.15, 0.2) is 30.3 Å². The van der Waals surface area contributed by atoms with Crippen LogP contribution in [-0.4, -0.2) is 84.8 Å². The van der Waals surface area contributed by atoms with E-state index in [2.05, 4.69) is 22.3 Å². The van der Waals surface area contributed by atoms with E-state index in [1.807, 2.05) is 28.0 Å². The highest BCUT2D eigenvalue weighted by atomic mass is 16.2. The summed E-state index contributed by atoms with van der Waals surface area (Å²) in [5, 5.41) is 3.00. The van der Waals surface area contributed by atoms with Crippen LogP contribution in [0.5, 0.6) is 0 Å². The van der Waals surface area contributed by atoms with Crippen molar-refractivity contribution in [1.82, 2.24) is 20.0 Å². The number of likely N-dealkylation sites (tertiary alicyclic amines) is 1. The van der Waals surface area contributed by atoms with Gasteiger partial charge in [-0.25, -0.2) is 0 Å². The normalized spacial score (nSPS) is 18.7. The molecule has 0 bridgehead atoms. The van der Waals surface area contributed by atoms with E-state index in [9.17, 15) is 14.4 Å². The molecule has 0 aromatic heterocycles. The van der Waals surface area contributed by atoms with E-state index in [-0.39, 0.29) is 23.6 Å². The second-order valence-electron chi connectivity index (χ2n) is 8.32. The van der Waals surface area contributed by atoms with Crippen molar-refractivity contribution < 1.29 is 14.4 Å². The Balaban J connectivity index is 1.37. The summed E-state index contributed by atoms with van der Waals surface area (Å²) >= 11 is 0. The number of carbonyl (C=O) groups excluding carboxylic acids is 3. The van der Waals surface area contributed by atoms with Crippen LogP contribution in [0.2, 0.25) is 0 Å². The van der Waals surface area contributed by atoms with Crippen LogP contribution in [0.1, 0.15) is 31.7 Å². The summed E-state index contributed by atoms with van der Waals surface area (Å²) in [6.07, 6.45) is 3.22. The summed E-state index contributed by atoms with van der Waals surface area (Å²) in [6.45, 7) is 6.94. The predicted octanol–water partition coefficient (Wildman–Crippen LogP) is 1.14. The number of hydrogen-bond donors (Lipinski definition) is 1. The maximum atomic E-state index is 12.9. The smallest absolute Gasteiger partial charge is 0.234 e. The molecule has 164 valence electrons. The monoisotopic (exact) mass is 414 g/mol. The summed E-state index contributed by atoms with van der Waals surface area (Å²) in [4.78, 5) is 42.6. The third kappa shape index (κ3) is 6.55. The molecular formula is C23H34N4O3. The molecule has 2 aliphatic heterocycles. The second kappa shape index (κ2) is 11.1. The van der Waals surface area contributed by atoms with Gasteiger partial charge in [0.15, 0.2) is 0 Å². The Labute approximate surface area is 179 Å². The number of piperidine rings is 1. The first kappa shape index (κ1) is 22.3. The number of nitrogens with zero attached hydrogens (tertiary/aromatic N) is 3. The summed E-state index contributed by atoms with van der Waals surface area (Å²) in [5.74, 6) is 0.372. The zero-order valence-electron chi connectivity index (χ0n) is 18.0. The lowest BCUT2D eigenvalue weighted by molar-refractivity contribution is -0.140. The molecule has 0 saturated carbocycles. The lowest BCUT2D eigenvalue weighted by atomic mass is 9.95. The van der Waals surface area contributed by atoms with Gasteiger partial charge in [0.2, 0.25) is 17.7 Å². The van der Waals surface area contributed by atoms with Crippen molar-refractivity contribution >= 4 is 17.7 Å². The van der Waals surface area contributed by atoms with E-state index in [0.717, 1.165) is 45.3 Å². The van der Waals surface area contributed by atoms with Crippen molar-refractivity contribution in [3.8, 4) is 0 Å². The number of nitrogens with one attached hydrogen (secondary N) is 1. The van der Waals surface area contributed by atoms with Crippen LogP contribution in [-0.2, 0) is 20.8 Å². The molecule has 3 amide bonds. The summed E-state index contributed by atoms with van der Waals surface area (Å²) < 4.78 is 0. The van der Waals surface area contributed by atoms with Gasteiger partial charge in [-0.1, -0.05) is 30.3 Å². The van der Waals surface area contributed by atoms with Crippen LogP contribution in [0, 0.1) is 5.92 Å². The Morgan fingerprint density at radius 2 is 1.67 bits per heavy atom. The number of rotatable bonds is 6. The van der Waals surface area contributed by atoms with Crippen LogP contribution < -0.4 is 5.32 Å². The Morgan fingerprint density at radius 1 is 0.933 bits per heavy atom.